The summed E-state index contributed by atoms with van der Waals surface area (Å²) in [7, 11) is 1.54. The van der Waals surface area contributed by atoms with E-state index >= 15 is 0 Å². The molecule has 4 rings (SSSR count). The zero-order valence-corrected chi connectivity index (χ0v) is 22.7. The zero-order chi connectivity index (χ0) is 27.8. The molecular weight excluding hydrogens is 480 g/mol. The highest BCUT2D eigenvalue weighted by atomic mass is 16.2. The van der Waals surface area contributed by atoms with Gasteiger partial charge in [-0.05, 0) is 89.6 Å². The lowest BCUT2D eigenvalue weighted by molar-refractivity contribution is 0.0957. The Morgan fingerprint density at radius 3 is 2.32 bits per heavy atom. The number of anilines is 2. The number of aromatic nitrogens is 5. The van der Waals surface area contributed by atoms with Crippen LogP contribution in [0.4, 0.5) is 17.2 Å². The van der Waals surface area contributed by atoms with Crippen molar-refractivity contribution in [2.75, 3.05) is 12.4 Å². The first-order chi connectivity index (χ1) is 18.1. The van der Waals surface area contributed by atoms with Gasteiger partial charge in [-0.2, -0.15) is 10.2 Å². The fraction of sp³-hybridized carbons (Fsp3) is 0.250. The summed E-state index contributed by atoms with van der Waals surface area (Å²) in [5, 5.41) is 18.0. The molecule has 0 radical (unpaired) electrons. The summed E-state index contributed by atoms with van der Waals surface area (Å²) >= 11 is 0. The van der Waals surface area contributed by atoms with Crippen LogP contribution in [0, 0.1) is 27.7 Å². The number of aryl methyl sites for hydroxylation is 4. The van der Waals surface area contributed by atoms with E-state index in [1.165, 1.54) is 11.6 Å². The van der Waals surface area contributed by atoms with Crippen LogP contribution in [0.1, 0.15) is 57.3 Å². The Balaban J connectivity index is 0.000000212. The second-order valence-electron chi connectivity index (χ2n) is 8.62. The Kier molecular flexibility index (Phi) is 9.15. The number of ketones is 1. The Labute approximate surface area is 222 Å². The number of hydrogen-bond donors (Lipinski definition) is 2. The fourth-order valence-corrected chi connectivity index (χ4v) is 3.49. The van der Waals surface area contributed by atoms with E-state index < -0.39 is 0 Å². The van der Waals surface area contributed by atoms with Gasteiger partial charge in [-0.25, -0.2) is 9.67 Å². The van der Waals surface area contributed by atoms with Crippen LogP contribution < -0.4 is 10.6 Å². The van der Waals surface area contributed by atoms with Gasteiger partial charge in [0.2, 0.25) is 0 Å². The van der Waals surface area contributed by atoms with Gasteiger partial charge in [-0.1, -0.05) is 6.07 Å². The van der Waals surface area contributed by atoms with E-state index in [4.69, 9.17) is 0 Å². The summed E-state index contributed by atoms with van der Waals surface area (Å²) < 4.78 is 1.52. The maximum atomic E-state index is 11.7. The fourth-order valence-electron chi connectivity index (χ4n) is 3.49. The molecule has 0 fully saturated rings. The number of hydrogen-bond acceptors (Lipinski definition) is 8. The average molecular weight is 513 g/mol. The highest BCUT2D eigenvalue weighted by molar-refractivity contribution is 5.97. The lowest BCUT2D eigenvalue weighted by atomic mass is 10.1. The van der Waals surface area contributed by atoms with Crippen LogP contribution in [0.3, 0.4) is 0 Å². The summed E-state index contributed by atoms with van der Waals surface area (Å²) in [5.74, 6) is 0.814. The van der Waals surface area contributed by atoms with Gasteiger partial charge in [-0.3, -0.25) is 14.6 Å². The molecule has 0 unspecified atom stereocenters. The predicted molar refractivity (Wildman–Crippen MR) is 149 cm³/mol. The van der Waals surface area contributed by atoms with Crippen molar-refractivity contribution in [2.24, 2.45) is 4.99 Å². The molecule has 1 aromatic carbocycles. The first kappa shape index (κ1) is 27.9. The maximum Gasteiger partial charge on any atom is 0.271 e. The third-order valence-corrected chi connectivity index (χ3v) is 5.49. The molecule has 0 saturated heterocycles. The summed E-state index contributed by atoms with van der Waals surface area (Å²) in [6.07, 6.45) is 1.79. The van der Waals surface area contributed by atoms with Crippen LogP contribution in [0.25, 0.3) is 5.82 Å². The van der Waals surface area contributed by atoms with Crippen LogP contribution in [0.15, 0.2) is 53.5 Å². The molecule has 0 aliphatic carbocycles. The first-order valence-corrected chi connectivity index (χ1v) is 12.1. The lowest BCUT2D eigenvalue weighted by Crippen LogP contribution is -2.19. The number of aliphatic imine (C=N–C) groups is 1. The Morgan fingerprint density at radius 1 is 0.947 bits per heavy atom. The third kappa shape index (κ3) is 6.94. The first-order valence-electron chi connectivity index (χ1n) is 12.1. The molecule has 3 heterocycles. The molecule has 0 aliphatic rings. The van der Waals surface area contributed by atoms with Gasteiger partial charge in [0.15, 0.2) is 23.1 Å². The Hall–Kier alpha value is -4.73. The van der Waals surface area contributed by atoms with Crippen LogP contribution >= 0.6 is 0 Å². The van der Waals surface area contributed by atoms with Crippen LogP contribution in [-0.4, -0.2) is 49.9 Å². The van der Waals surface area contributed by atoms with Crippen LogP contribution in [0.2, 0.25) is 0 Å². The van der Waals surface area contributed by atoms with Gasteiger partial charge in [0.05, 0.1) is 16.9 Å². The normalized spacial score (nSPS) is 10.6. The largest absolute Gasteiger partial charge is 0.354 e. The summed E-state index contributed by atoms with van der Waals surface area (Å²) in [4.78, 5) is 32.0. The topological polar surface area (TPSA) is 127 Å². The number of nitrogens with one attached hydrogen (secondary N) is 2. The quantitative estimate of drug-likeness (QED) is 0.275. The minimum atomic E-state index is -0.274. The molecule has 38 heavy (non-hydrogen) atoms. The van der Waals surface area contributed by atoms with Crippen molar-refractivity contribution in [3.8, 4) is 5.82 Å². The van der Waals surface area contributed by atoms with Crippen LogP contribution in [-0.2, 0) is 0 Å². The number of carbonyl (C=O) groups is 2. The molecule has 10 heteroatoms. The number of carbonyl (C=O) groups excluding carboxylic acids is 2. The Bertz CT molecular complexity index is 1470. The van der Waals surface area contributed by atoms with Crippen molar-refractivity contribution in [3.63, 3.8) is 0 Å². The Morgan fingerprint density at radius 2 is 1.68 bits per heavy atom. The monoisotopic (exact) mass is 512 g/mol. The molecule has 10 nitrogen and oxygen atoms in total. The van der Waals surface area contributed by atoms with Gasteiger partial charge in [0.25, 0.3) is 5.91 Å². The maximum absolute atomic E-state index is 11.7. The average Bonchev–Trinajstić information content (AvgIpc) is 3.28. The van der Waals surface area contributed by atoms with Crippen molar-refractivity contribution >= 4 is 35.1 Å². The smallest absolute Gasteiger partial charge is 0.271 e. The van der Waals surface area contributed by atoms with E-state index in [1.807, 2.05) is 65.0 Å². The van der Waals surface area contributed by atoms with E-state index in [0.717, 1.165) is 39.8 Å². The van der Waals surface area contributed by atoms with Crippen molar-refractivity contribution in [2.45, 2.75) is 41.5 Å². The molecule has 2 N–H and O–H groups in total. The van der Waals surface area contributed by atoms with Crippen molar-refractivity contribution < 1.29 is 9.59 Å². The predicted octanol–water partition coefficient (Wildman–Crippen LogP) is 5.01. The molecule has 0 aliphatic heterocycles. The number of rotatable bonds is 6. The van der Waals surface area contributed by atoms with Crippen molar-refractivity contribution in [1.29, 1.82) is 0 Å². The second kappa shape index (κ2) is 12.5. The molecule has 4 aromatic rings. The van der Waals surface area contributed by atoms with Gasteiger partial charge < -0.3 is 10.6 Å². The number of nitrogens with zero attached hydrogens (tertiary/aromatic N) is 6. The molecule has 0 bridgehead atoms. The molecule has 0 atom stereocenters. The van der Waals surface area contributed by atoms with Crippen molar-refractivity contribution in [1.82, 2.24) is 30.3 Å². The molecule has 1 amide bonds. The van der Waals surface area contributed by atoms with Gasteiger partial charge >= 0.3 is 0 Å². The minimum absolute atomic E-state index is 0.0936. The molecule has 0 spiro atoms. The summed E-state index contributed by atoms with van der Waals surface area (Å²) in [6, 6.07) is 15.0. The van der Waals surface area contributed by atoms with E-state index in [1.54, 1.807) is 31.5 Å². The number of Topliss-reactive ketones (excluding diaryl/α,β-unsaturated/α-hetero) is 1. The lowest BCUT2D eigenvalue weighted by Gasteiger charge is -2.08. The number of amides is 1. The zero-order valence-electron chi connectivity index (χ0n) is 22.7. The second-order valence-corrected chi connectivity index (χ2v) is 8.62. The molecule has 0 saturated carbocycles. The van der Waals surface area contributed by atoms with E-state index in [2.05, 4.69) is 35.9 Å². The highest BCUT2D eigenvalue weighted by Crippen LogP contribution is 2.24. The summed E-state index contributed by atoms with van der Waals surface area (Å²) in [6.45, 7) is 11.0. The number of benzene rings is 1. The van der Waals surface area contributed by atoms with Gasteiger partial charge in [-0.15, -0.1) is 5.10 Å². The third-order valence-electron chi connectivity index (χ3n) is 5.49. The van der Waals surface area contributed by atoms with Crippen molar-refractivity contribution in [3.05, 3.63) is 82.4 Å². The molecule has 196 valence electrons. The van der Waals surface area contributed by atoms with E-state index in [9.17, 15) is 9.59 Å². The van der Waals surface area contributed by atoms with Crippen LogP contribution in [0.5, 0.6) is 0 Å². The van der Waals surface area contributed by atoms with E-state index in [-0.39, 0.29) is 11.7 Å². The standard InChI is InChI=1S/C14H16N4O2.C14H16N4/c1-8-5-6-11(10(3)19)13(16-8)18-9(2)7-12(17-18)14(20)15-4;1-4-15-13-9-12(7-5-10(13)2)16-14-8-6-11(3)17-18-14/h5-7H,1-4H3,(H,15,20);4-9H,1-3H3,(H,16,18). The van der Waals surface area contributed by atoms with E-state index in [0.29, 0.717) is 17.1 Å². The minimum Gasteiger partial charge on any atom is -0.354 e. The summed E-state index contributed by atoms with van der Waals surface area (Å²) in [5.41, 5.74) is 6.26. The van der Waals surface area contributed by atoms with Gasteiger partial charge in [0, 0.05) is 30.3 Å². The SMILES string of the molecule is CC=Nc1cc(Nc2ccc(C)nn2)ccc1C.CNC(=O)c1cc(C)n(-c2nc(C)ccc2C(C)=O)n1. The highest BCUT2D eigenvalue weighted by Gasteiger charge is 2.17. The molecular formula is C28H32N8O2. The van der Waals surface area contributed by atoms with Gasteiger partial charge in [0.1, 0.15) is 0 Å². The number of pyridine rings is 1. The molecule has 3 aromatic heterocycles.